The van der Waals surface area contributed by atoms with Gasteiger partial charge in [-0.15, -0.1) is 11.3 Å². The molecule has 2 aromatic heterocycles. The van der Waals surface area contributed by atoms with Crippen LogP contribution in [0.15, 0.2) is 34.8 Å². The quantitative estimate of drug-likeness (QED) is 0.206. The van der Waals surface area contributed by atoms with Crippen LogP contribution in [-0.4, -0.2) is 40.6 Å². The van der Waals surface area contributed by atoms with E-state index in [2.05, 4.69) is 44.4 Å². The van der Waals surface area contributed by atoms with Gasteiger partial charge < -0.3 is 18.5 Å². The van der Waals surface area contributed by atoms with E-state index in [9.17, 15) is 9.59 Å². The second-order valence-electron chi connectivity index (χ2n) is 11.7. The van der Waals surface area contributed by atoms with Gasteiger partial charge in [0.05, 0.1) is 31.2 Å². The van der Waals surface area contributed by atoms with Crippen molar-refractivity contribution in [1.82, 2.24) is 4.57 Å². The van der Waals surface area contributed by atoms with E-state index in [1.807, 2.05) is 12.1 Å². The number of ether oxygens (including phenoxy) is 2. The maximum atomic E-state index is 13.4. The summed E-state index contributed by atoms with van der Waals surface area (Å²) in [5.74, 6) is 0.732. The molecule has 0 atom stereocenters. The predicted octanol–water partition coefficient (Wildman–Crippen LogP) is 6.53. The zero-order valence-electron chi connectivity index (χ0n) is 23.9. The molecule has 2 aliphatic rings. The van der Waals surface area contributed by atoms with Crippen molar-refractivity contribution in [2.45, 2.75) is 71.4 Å². The molecular formula is C31H39NO5SSi. The molecule has 0 N–H and O–H groups in total. The van der Waals surface area contributed by atoms with Crippen LogP contribution < -0.4 is 10.2 Å². The van der Waals surface area contributed by atoms with Crippen LogP contribution in [0.1, 0.15) is 80.7 Å². The lowest BCUT2D eigenvalue weighted by Crippen LogP contribution is -2.23. The number of esters is 1. The molecule has 2 aliphatic carbocycles. The van der Waals surface area contributed by atoms with Crippen molar-refractivity contribution in [1.29, 1.82) is 0 Å². The summed E-state index contributed by atoms with van der Waals surface area (Å²) in [7, 11) is 1.03. The number of aromatic nitrogens is 1. The van der Waals surface area contributed by atoms with Crippen LogP contribution in [0, 0.1) is 5.92 Å². The lowest BCUT2D eigenvalue weighted by molar-refractivity contribution is 0.0524. The smallest absolute Gasteiger partial charge is 0.343 e. The Labute approximate surface area is 236 Å². The third-order valence-corrected chi connectivity index (χ3v) is 11.5. The first kappa shape index (κ1) is 27.9. The molecule has 0 unspecified atom stereocenters. The highest BCUT2D eigenvalue weighted by atomic mass is 32.1. The summed E-state index contributed by atoms with van der Waals surface area (Å²) in [5.41, 5.74) is 4.11. The molecule has 0 spiro atoms. The maximum Gasteiger partial charge on any atom is 0.343 e. The number of methoxy groups -OCH3 is 1. The monoisotopic (exact) mass is 565 g/mol. The zero-order chi connectivity index (χ0) is 27.9. The molecule has 0 saturated heterocycles. The van der Waals surface area contributed by atoms with Gasteiger partial charge in [0.2, 0.25) is 5.43 Å². The van der Waals surface area contributed by atoms with Crippen LogP contribution in [0.5, 0.6) is 5.75 Å². The second-order valence-corrected chi connectivity index (χ2v) is 15.4. The molecular weight excluding hydrogens is 526 g/mol. The molecule has 0 aliphatic heterocycles. The molecule has 0 radical (unpaired) electrons. The number of pyridine rings is 1. The predicted molar refractivity (Wildman–Crippen MR) is 162 cm³/mol. The third-order valence-electron chi connectivity index (χ3n) is 8.25. The number of rotatable bonds is 10. The number of thiophene rings is 1. The number of hydrogen-bond acceptors (Lipinski definition) is 6. The molecule has 1 fully saturated rings. The number of hydrogen-bond donors (Lipinski definition) is 0. The van der Waals surface area contributed by atoms with Gasteiger partial charge in [-0.05, 0) is 72.9 Å². The second kappa shape index (κ2) is 11.1. The molecule has 2 heterocycles. The number of carbonyl (C=O) groups excluding carboxylic acids is 1. The maximum absolute atomic E-state index is 13.4. The van der Waals surface area contributed by atoms with E-state index in [1.54, 1.807) is 31.6 Å². The summed E-state index contributed by atoms with van der Waals surface area (Å²) in [6.07, 6.45) is 8.02. The first-order valence-corrected chi connectivity index (χ1v) is 16.1. The highest BCUT2D eigenvalue weighted by Crippen LogP contribution is 2.45. The van der Waals surface area contributed by atoms with E-state index in [0.717, 1.165) is 48.2 Å². The van der Waals surface area contributed by atoms with E-state index >= 15 is 0 Å². The summed E-state index contributed by atoms with van der Waals surface area (Å²) >= 11 is 1.79. The van der Waals surface area contributed by atoms with Crippen molar-refractivity contribution in [2.24, 2.45) is 5.92 Å². The van der Waals surface area contributed by atoms with Gasteiger partial charge in [0.15, 0.2) is 15.5 Å². The third kappa shape index (κ3) is 5.51. The van der Waals surface area contributed by atoms with Gasteiger partial charge in [0, 0.05) is 27.6 Å². The lowest BCUT2D eigenvalue weighted by atomic mass is 9.98. The summed E-state index contributed by atoms with van der Waals surface area (Å²) in [4.78, 5) is 28.4. The largest absolute Gasteiger partial charge is 0.494 e. The summed E-state index contributed by atoms with van der Waals surface area (Å²) < 4.78 is 19.5. The van der Waals surface area contributed by atoms with Crippen molar-refractivity contribution in [2.75, 3.05) is 20.3 Å². The number of nitrogens with zero attached hydrogens (tertiary/aromatic N) is 1. The molecule has 3 aromatic rings. The minimum Gasteiger partial charge on any atom is -0.494 e. The first-order valence-electron chi connectivity index (χ1n) is 14.0. The summed E-state index contributed by atoms with van der Waals surface area (Å²) in [6.45, 7) is 11.9. The van der Waals surface area contributed by atoms with Crippen LogP contribution in [0.2, 0.25) is 5.04 Å². The molecule has 8 heteroatoms. The lowest BCUT2D eigenvalue weighted by Gasteiger charge is -2.28. The Morgan fingerprint density at radius 2 is 2.00 bits per heavy atom. The van der Waals surface area contributed by atoms with Crippen LogP contribution in [0.4, 0.5) is 0 Å². The molecule has 5 rings (SSSR count). The van der Waals surface area contributed by atoms with Crippen molar-refractivity contribution in [3.63, 3.8) is 0 Å². The molecule has 6 nitrogen and oxygen atoms in total. The Hall–Kier alpha value is -2.68. The summed E-state index contributed by atoms with van der Waals surface area (Å²) in [5, 5.41) is 0.781. The minimum atomic E-state index is -0.626. The fraction of sp³-hybridized carbons (Fsp3) is 0.484. The van der Waals surface area contributed by atoms with Crippen molar-refractivity contribution < 1.29 is 18.7 Å². The van der Waals surface area contributed by atoms with Gasteiger partial charge >= 0.3 is 5.97 Å². The van der Waals surface area contributed by atoms with Crippen molar-refractivity contribution >= 4 is 44.0 Å². The molecule has 0 amide bonds. The number of benzene rings is 1. The average molecular weight is 566 g/mol. The highest BCUT2D eigenvalue weighted by Gasteiger charge is 2.30. The highest BCUT2D eigenvalue weighted by molar-refractivity contribution is 7.15. The Bertz CT molecular complexity index is 1490. The van der Waals surface area contributed by atoms with Crippen molar-refractivity contribution in [3.05, 3.63) is 56.2 Å². The Morgan fingerprint density at radius 3 is 2.67 bits per heavy atom. The Morgan fingerprint density at radius 1 is 1.23 bits per heavy atom. The van der Waals surface area contributed by atoms with Gasteiger partial charge in [-0.25, -0.2) is 4.79 Å². The SMILES string of the molecule is CCOC(=O)c1cn(C2CC2)c2c(OC)c(-c3cc4c(s3)CCC(CO[SiH2]C(C)(C)C(C)C)=C4)ccc2c1=O. The van der Waals surface area contributed by atoms with Crippen LogP contribution in [0.3, 0.4) is 0 Å². The topological polar surface area (TPSA) is 66.8 Å². The van der Waals surface area contributed by atoms with Crippen LogP contribution >= 0.6 is 11.3 Å². The van der Waals surface area contributed by atoms with E-state index in [1.165, 1.54) is 16.0 Å². The molecule has 0 bridgehead atoms. The normalized spacial score (nSPS) is 15.7. The van der Waals surface area contributed by atoms with Crippen LogP contribution in [-0.2, 0) is 15.6 Å². The minimum absolute atomic E-state index is 0.0809. The Kier molecular flexibility index (Phi) is 7.90. The van der Waals surface area contributed by atoms with E-state index in [4.69, 9.17) is 13.9 Å². The first-order chi connectivity index (χ1) is 18.6. The van der Waals surface area contributed by atoms with E-state index < -0.39 is 15.7 Å². The number of aryl methyl sites for hydroxylation is 1. The zero-order valence-corrected chi connectivity index (χ0v) is 26.1. The van der Waals surface area contributed by atoms with E-state index in [-0.39, 0.29) is 23.6 Å². The molecule has 39 heavy (non-hydrogen) atoms. The fourth-order valence-corrected chi connectivity index (χ4v) is 7.38. The van der Waals surface area contributed by atoms with Crippen molar-refractivity contribution in [3.8, 4) is 16.2 Å². The van der Waals surface area contributed by atoms with Gasteiger partial charge in [-0.3, -0.25) is 4.79 Å². The number of carbonyl (C=O) groups is 1. The molecule has 1 aromatic carbocycles. The average Bonchev–Trinajstić information content (AvgIpc) is 3.66. The van der Waals surface area contributed by atoms with Gasteiger partial charge in [-0.1, -0.05) is 33.8 Å². The molecule has 208 valence electrons. The fourth-order valence-electron chi connectivity index (χ4n) is 5.00. The molecule has 1 saturated carbocycles. The van der Waals surface area contributed by atoms with E-state index in [0.29, 0.717) is 22.1 Å². The van der Waals surface area contributed by atoms with Gasteiger partial charge in [0.1, 0.15) is 5.56 Å². The summed E-state index contributed by atoms with van der Waals surface area (Å²) in [6, 6.07) is 6.28. The van der Waals surface area contributed by atoms with Gasteiger partial charge in [-0.2, -0.15) is 0 Å². The van der Waals surface area contributed by atoms with Crippen LogP contribution in [0.25, 0.3) is 27.4 Å². The van der Waals surface area contributed by atoms with Gasteiger partial charge in [0.25, 0.3) is 0 Å². The number of fused-ring (bicyclic) bond motifs is 2. The Balaban J connectivity index is 1.50. The standard InChI is InChI=1S/C31H39NO5SSi/c1-7-36-30(34)24-16-32(21-9-10-21)27-23(28(24)33)12-11-22(29(27)35-6)26-15-20-14-19(8-13-25(20)38-26)17-37-39-31(4,5)18(2)3/h11-12,14-16,18,21H,7-10,13,17,39H2,1-6H3.